The van der Waals surface area contributed by atoms with Crippen molar-refractivity contribution in [3.05, 3.63) is 54.1 Å². The second kappa shape index (κ2) is 6.81. The van der Waals surface area contributed by atoms with Crippen molar-refractivity contribution in [2.45, 2.75) is 13.1 Å². The van der Waals surface area contributed by atoms with Crippen molar-refractivity contribution in [3.8, 4) is 10.9 Å². The van der Waals surface area contributed by atoms with Gasteiger partial charge in [0.25, 0.3) is 5.19 Å². The van der Waals surface area contributed by atoms with Gasteiger partial charge in [-0.2, -0.15) is 5.10 Å². The maximum atomic E-state index is 11.7. The first-order chi connectivity index (χ1) is 10.8. The second-order valence-corrected chi connectivity index (χ2v) is 5.27. The molecular formula is C14H13N5O2S. The fourth-order valence-electron chi connectivity index (χ4n) is 1.75. The van der Waals surface area contributed by atoms with E-state index in [0.717, 1.165) is 5.56 Å². The van der Waals surface area contributed by atoms with E-state index in [2.05, 4.69) is 20.4 Å². The average molecular weight is 315 g/mol. The number of rotatable bonds is 6. The molecule has 0 bridgehead atoms. The summed E-state index contributed by atoms with van der Waals surface area (Å²) in [4.78, 5) is 19.6. The molecule has 0 unspecified atom stereocenters. The van der Waals surface area contributed by atoms with Crippen LogP contribution in [0.5, 0.6) is 10.9 Å². The van der Waals surface area contributed by atoms with Gasteiger partial charge in [0.15, 0.2) is 0 Å². The van der Waals surface area contributed by atoms with Crippen molar-refractivity contribution in [1.82, 2.24) is 25.1 Å². The van der Waals surface area contributed by atoms with E-state index < -0.39 is 0 Å². The van der Waals surface area contributed by atoms with Gasteiger partial charge in [0.1, 0.15) is 24.9 Å². The van der Waals surface area contributed by atoms with Crippen LogP contribution in [0.3, 0.4) is 0 Å². The van der Waals surface area contributed by atoms with E-state index in [0.29, 0.717) is 17.5 Å². The maximum Gasteiger partial charge on any atom is 0.278 e. The molecule has 2 aromatic heterocycles. The molecule has 1 N–H and O–H groups in total. The lowest BCUT2D eigenvalue weighted by molar-refractivity contribution is -0.122. The lowest BCUT2D eigenvalue weighted by Crippen LogP contribution is -2.27. The zero-order chi connectivity index (χ0) is 15.2. The van der Waals surface area contributed by atoms with Crippen molar-refractivity contribution < 1.29 is 9.53 Å². The Balaban J connectivity index is 1.49. The van der Waals surface area contributed by atoms with Crippen LogP contribution >= 0.6 is 11.3 Å². The highest BCUT2D eigenvalue weighted by Crippen LogP contribution is 2.23. The summed E-state index contributed by atoms with van der Waals surface area (Å²) in [5, 5.41) is 9.17. The van der Waals surface area contributed by atoms with Crippen molar-refractivity contribution in [2.24, 2.45) is 0 Å². The number of nitrogens with zero attached hydrogens (tertiary/aromatic N) is 4. The monoisotopic (exact) mass is 315 g/mol. The number of ether oxygens (including phenoxy) is 1. The minimum Gasteiger partial charge on any atom is -0.431 e. The fraction of sp³-hybridized carbons (Fsp3) is 0.143. The molecule has 1 aromatic carbocycles. The van der Waals surface area contributed by atoms with Crippen molar-refractivity contribution in [1.29, 1.82) is 0 Å². The van der Waals surface area contributed by atoms with Gasteiger partial charge in [0.2, 0.25) is 5.91 Å². The molecule has 0 saturated heterocycles. The van der Waals surface area contributed by atoms with Gasteiger partial charge in [-0.1, -0.05) is 23.5 Å². The van der Waals surface area contributed by atoms with Gasteiger partial charge in [-0.25, -0.2) is 14.6 Å². The Labute approximate surface area is 130 Å². The SMILES string of the molecule is O=C(Cn1cncn1)NCc1ccc(Oc2nccs2)cc1. The Morgan fingerprint density at radius 3 is 2.86 bits per heavy atom. The Morgan fingerprint density at radius 2 is 2.18 bits per heavy atom. The molecule has 22 heavy (non-hydrogen) atoms. The molecule has 7 nitrogen and oxygen atoms in total. The summed E-state index contributed by atoms with van der Waals surface area (Å²) in [5.41, 5.74) is 0.985. The van der Waals surface area contributed by atoms with Gasteiger partial charge in [-0.05, 0) is 17.7 Å². The predicted molar refractivity (Wildman–Crippen MR) is 80.5 cm³/mol. The molecule has 8 heteroatoms. The summed E-state index contributed by atoms with van der Waals surface area (Å²) >= 11 is 1.43. The van der Waals surface area contributed by atoms with Crippen LogP contribution in [0.15, 0.2) is 48.5 Å². The number of hydrogen-bond donors (Lipinski definition) is 1. The summed E-state index contributed by atoms with van der Waals surface area (Å²) in [6.45, 7) is 0.607. The van der Waals surface area contributed by atoms with Crippen LogP contribution in [-0.4, -0.2) is 25.7 Å². The van der Waals surface area contributed by atoms with Crippen LogP contribution in [0.1, 0.15) is 5.56 Å². The third kappa shape index (κ3) is 3.89. The molecule has 3 aromatic rings. The van der Waals surface area contributed by atoms with E-state index in [9.17, 15) is 4.79 Å². The highest BCUT2D eigenvalue weighted by Gasteiger charge is 2.04. The third-order valence-corrected chi connectivity index (χ3v) is 3.45. The molecule has 0 radical (unpaired) electrons. The van der Waals surface area contributed by atoms with Gasteiger partial charge < -0.3 is 10.1 Å². The average Bonchev–Trinajstić information content (AvgIpc) is 3.20. The summed E-state index contributed by atoms with van der Waals surface area (Å²) in [6, 6.07) is 7.50. The van der Waals surface area contributed by atoms with Gasteiger partial charge in [0, 0.05) is 18.1 Å². The van der Waals surface area contributed by atoms with E-state index in [1.807, 2.05) is 29.6 Å². The number of nitrogens with one attached hydrogen (secondary N) is 1. The first-order valence-corrected chi connectivity index (χ1v) is 7.43. The van der Waals surface area contributed by atoms with Gasteiger partial charge in [-0.15, -0.1) is 0 Å². The number of amides is 1. The maximum absolute atomic E-state index is 11.7. The standard InChI is InChI=1S/C14H13N5O2S/c20-13(8-19-10-15-9-18-19)17-7-11-1-3-12(4-2-11)21-14-16-5-6-22-14/h1-6,9-10H,7-8H2,(H,17,20). The van der Waals surface area contributed by atoms with E-state index in [4.69, 9.17) is 4.74 Å². The smallest absolute Gasteiger partial charge is 0.278 e. The zero-order valence-electron chi connectivity index (χ0n) is 11.5. The molecule has 0 aliphatic carbocycles. The van der Waals surface area contributed by atoms with Crippen LogP contribution in [0.2, 0.25) is 0 Å². The van der Waals surface area contributed by atoms with Gasteiger partial charge in [0.05, 0.1) is 0 Å². The summed E-state index contributed by atoms with van der Waals surface area (Å²) in [6.07, 6.45) is 4.60. The van der Waals surface area contributed by atoms with Crippen LogP contribution in [0.4, 0.5) is 0 Å². The minimum absolute atomic E-state index is 0.117. The van der Waals surface area contributed by atoms with Crippen LogP contribution in [0, 0.1) is 0 Å². The van der Waals surface area contributed by atoms with Crippen molar-refractivity contribution >= 4 is 17.2 Å². The third-order valence-electron chi connectivity index (χ3n) is 2.80. The quantitative estimate of drug-likeness (QED) is 0.750. The molecule has 0 fully saturated rings. The lowest BCUT2D eigenvalue weighted by atomic mass is 10.2. The first kappa shape index (κ1) is 14.2. The minimum atomic E-state index is -0.117. The molecule has 0 aliphatic rings. The number of benzene rings is 1. The predicted octanol–water partition coefficient (Wildman–Crippen LogP) is 1.84. The first-order valence-electron chi connectivity index (χ1n) is 6.55. The Hall–Kier alpha value is -2.74. The summed E-state index contributed by atoms with van der Waals surface area (Å²) in [7, 11) is 0. The molecule has 0 spiro atoms. The topological polar surface area (TPSA) is 81.9 Å². The molecule has 0 atom stereocenters. The van der Waals surface area contributed by atoms with Gasteiger partial charge in [-0.3, -0.25) is 4.79 Å². The van der Waals surface area contributed by atoms with Crippen LogP contribution in [-0.2, 0) is 17.9 Å². The molecule has 0 aliphatic heterocycles. The highest BCUT2D eigenvalue weighted by molar-refractivity contribution is 7.11. The summed E-state index contributed by atoms with van der Waals surface area (Å²) in [5.74, 6) is 0.598. The Bertz CT molecular complexity index is 710. The molecular weight excluding hydrogens is 302 g/mol. The fourth-order valence-corrected chi connectivity index (χ4v) is 2.26. The molecule has 0 saturated carbocycles. The normalized spacial score (nSPS) is 10.4. The molecule has 112 valence electrons. The Kier molecular flexibility index (Phi) is 4.40. The molecule has 1 amide bonds. The summed E-state index contributed by atoms with van der Waals surface area (Å²) < 4.78 is 7.04. The second-order valence-electron chi connectivity index (χ2n) is 4.41. The van der Waals surface area contributed by atoms with E-state index in [1.165, 1.54) is 28.7 Å². The number of aromatic nitrogens is 4. The highest BCUT2D eigenvalue weighted by atomic mass is 32.1. The van der Waals surface area contributed by atoms with Crippen LogP contribution < -0.4 is 10.1 Å². The van der Waals surface area contributed by atoms with E-state index in [1.54, 1.807) is 6.20 Å². The molecule has 3 rings (SSSR count). The van der Waals surface area contributed by atoms with Crippen LogP contribution in [0.25, 0.3) is 0 Å². The lowest BCUT2D eigenvalue weighted by Gasteiger charge is -2.06. The largest absolute Gasteiger partial charge is 0.431 e. The van der Waals surface area contributed by atoms with E-state index >= 15 is 0 Å². The molecule has 2 heterocycles. The number of hydrogen-bond acceptors (Lipinski definition) is 6. The zero-order valence-corrected chi connectivity index (χ0v) is 12.4. The number of carbonyl (C=O) groups excluding carboxylic acids is 1. The van der Waals surface area contributed by atoms with Crippen molar-refractivity contribution in [2.75, 3.05) is 0 Å². The Morgan fingerprint density at radius 1 is 1.32 bits per heavy atom. The van der Waals surface area contributed by atoms with Gasteiger partial charge >= 0.3 is 0 Å². The van der Waals surface area contributed by atoms with E-state index in [-0.39, 0.29) is 12.5 Å². The number of carbonyl (C=O) groups is 1. The van der Waals surface area contributed by atoms with Crippen molar-refractivity contribution in [3.63, 3.8) is 0 Å². The number of thiazole rings is 1.